The van der Waals surface area contributed by atoms with Crippen LogP contribution in [0.4, 0.5) is 6.01 Å². The van der Waals surface area contributed by atoms with E-state index in [0.717, 1.165) is 30.1 Å². The van der Waals surface area contributed by atoms with Crippen molar-refractivity contribution in [1.82, 2.24) is 30.2 Å². The lowest BCUT2D eigenvalue weighted by Crippen LogP contribution is -2.00. The van der Waals surface area contributed by atoms with E-state index in [1.807, 2.05) is 18.3 Å². The van der Waals surface area contributed by atoms with Crippen LogP contribution in [0.3, 0.4) is 0 Å². The van der Waals surface area contributed by atoms with Gasteiger partial charge in [-0.2, -0.15) is 0 Å². The number of hydrogen-bond donors (Lipinski definition) is 1. The molecule has 0 radical (unpaired) electrons. The molecule has 1 aliphatic rings. The smallest absolute Gasteiger partial charge is 0.315 e. The molecule has 0 atom stereocenters. The number of nitrogens with one attached hydrogen (secondary N) is 1. The second-order valence-electron chi connectivity index (χ2n) is 4.94. The summed E-state index contributed by atoms with van der Waals surface area (Å²) in [4.78, 5) is 4.05. The summed E-state index contributed by atoms with van der Waals surface area (Å²) in [5.74, 6) is 1.18. The van der Waals surface area contributed by atoms with Gasteiger partial charge in [0.15, 0.2) is 0 Å². The Morgan fingerprint density at radius 2 is 2.24 bits per heavy atom. The molecule has 106 valence electrons. The fourth-order valence-electron chi connectivity index (χ4n) is 1.96. The largest absolute Gasteiger partial charge is 0.408 e. The van der Waals surface area contributed by atoms with Gasteiger partial charge in [0, 0.05) is 12.1 Å². The van der Waals surface area contributed by atoms with E-state index < -0.39 is 0 Å². The summed E-state index contributed by atoms with van der Waals surface area (Å²) in [5, 5.41) is 19.2. The van der Waals surface area contributed by atoms with E-state index in [0.29, 0.717) is 18.5 Å². The van der Waals surface area contributed by atoms with Crippen LogP contribution in [0.5, 0.6) is 0 Å². The molecule has 1 saturated carbocycles. The third kappa shape index (κ3) is 2.60. The van der Waals surface area contributed by atoms with Crippen molar-refractivity contribution >= 4 is 6.01 Å². The highest BCUT2D eigenvalue weighted by Gasteiger charge is 2.29. The summed E-state index contributed by atoms with van der Waals surface area (Å²) >= 11 is 0. The maximum absolute atomic E-state index is 5.52. The molecule has 8 nitrogen and oxygen atoms in total. The van der Waals surface area contributed by atoms with Crippen molar-refractivity contribution in [1.29, 1.82) is 0 Å². The van der Waals surface area contributed by atoms with Crippen molar-refractivity contribution < 1.29 is 4.42 Å². The van der Waals surface area contributed by atoms with Crippen LogP contribution in [0.1, 0.15) is 30.3 Å². The Morgan fingerprint density at radius 1 is 1.29 bits per heavy atom. The molecule has 1 N–H and O–H groups in total. The quantitative estimate of drug-likeness (QED) is 0.758. The first-order valence-electron chi connectivity index (χ1n) is 6.77. The van der Waals surface area contributed by atoms with Crippen LogP contribution in [0.25, 0.3) is 5.69 Å². The number of pyridine rings is 1. The lowest BCUT2D eigenvalue weighted by atomic mass is 10.4. The van der Waals surface area contributed by atoms with Crippen LogP contribution in [0.2, 0.25) is 0 Å². The van der Waals surface area contributed by atoms with E-state index >= 15 is 0 Å². The Balaban J connectivity index is 1.41. The van der Waals surface area contributed by atoms with E-state index in [9.17, 15) is 0 Å². The third-order valence-corrected chi connectivity index (χ3v) is 3.24. The van der Waals surface area contributed by atoms with Gasteiger partial charge < -0.3 is 9.73 Å². The minimum absolute atomic E-state index is 0.424. The van der Waals surface area contributed by atoms with Crippen LogP contribution in [-0.2, 0) is 6.54 Å². The van der Waals surface area contributed by atoms with Gasteiger partial charge in [0.05, 0.1) is 24.6 Å². The lowest BCUT2D eigenvalue weighted by Gasteiger charge is -1.97. The molecular formula is C13H13N7O. The van der Waals surface area contributed by atoms with Crippen molar-refractivity contribution in [2.45, 2.75) is 25.3 Å². The maximum Gasteiger partial charge on any atom is 0.315 e. The van der Waals surface area contributed by atoms with E-state index in [1.165, 1.54) is 0 Å². The fraction of sp³-hybridized carbons (Fsp3) is 0.308. The summed E-state index contributed by atoms with van der Waals surface area (Å²) < 4.78 is 7.20. The molecule has 0 bridgehead atoms. The first kappa shape index (κ1) is 12.0. The molecule has 0 spiro atoms. The predicted octanol–water partition coefficient (Wildman–Crippen LogP) is 1.53. The molecule has 3 aromatic rings. The van der Waals surface area contributed by atoms with Crippen LogP contribution in [-0.4, -0.2) is 30.2 Å². The molecule has 0 saturated heterocycles. The minimum Gasteiger partial charge on any atom is -0.408 e. The number of nitrogens with zero attached hydrogens (tertiary/aromatic N) is 6. The van der Waals surface area contributed by atoms with E-state index in [-0.39, 0.29) is 0 Å². The third-order valence-electron chi connectivity index (χ3n) is 3.24. The zero-order valence-electron chi connectivity index (χ0n) is 11.2. The van der Waals surface area contributed by atoms with Crippen LogP contribution in [0, 0.1) is 0 Å². The summed E-state index contributed by atoms with van der Waals surface area (Å²) in [5.41, 5.74) is 1.65. The SMILES string of the molecule is c1cncc(-n2cc(CNc3nnc(C4CC4)o3)nn2)c1. The van der Waals surface area contributed by atoms with Crippen molar-refractivity contribution in [3.63, 3.8) is 0 Å². The monoisotopic (exact) mass is 283 g/mol. The van der Waals surface area contributed by atoms with Crippen molar-refractivity contribution in [2.24, 2.45) is 0 Å². The Hall–Kier alpha value is -2.77. The zero-order valence-corrected chi connectivity index (χ0v) is 11.2. The second kappa shape index (κ2) is 4.97. The number of anilines is 1. The minimum atomic E-state index is 0.424. The average molecular weight is 283 g/mol. The normalized spacial score (nSPS) is 14.3. The maximum atomic E-state index is 5.52. The fourth-order valence-corrected chi connectivity index (χ4v) is 1.96. The first-order valence-corrected chi connectivity index (χ1v) is 6.77. The van der Waals surface area contributed by atoms with Crippen molar-refractivity contribution in [3.8, 4) is 5.69 Å². The number of rotatable bonds is 5. The van der Waals surface area contributed by atoms with Gasteiger partial charge in [0.25, 0.3) is 0 Å². The predicted molar refractivity (Wildman–Crippen MR) is 72.8 cm³/mol. The van der Waals surface area contributed by atoms with E-state index in [2.05, 4.69) is 30.8 Å². The molecule has 0 unspecified atom stereocenters. The van der Waals surface area contributed by atoms with Crippen LogP contribution in [0.15, 0.2) is 35.1 Å². The number of hydrogen-bond acceptors (Lipinski definition) is 7. The van der Waals surface area contributed by atoms with Gasteiger partial charge in [0.2, 0.25) is 5.89 Å². The second-order valence-corrected chi connectivity index (χ2v) is 4.94. The zero-order chi connectivity index (χ0) is 14.1. The van der Waals surface area contributed by atoms with Gasteiger partial charge in [-0.05, 0) is 25.0 Å². The highest BCUT2D eigenvalue weighted by Crippen LogP contribution is 2.39. The van der Waals surface area contributed by atoms with E-state index in [4.69, 9.17) is 4.42 Å². The molecule has 0 aliphatic heterocycles. The lowest BCUT2D eigenvalue weighted by molar-refractivity contribution is 0.506. The molecule has 3 aromatic heterocycles. The van der Waals surface area contributed by atoms with Crippen molar-refractivity contribution in [2.75, 3.05) is 5.32 Å². The van der Waals surface area contributed by atoms with Gasteiger partial charge in [-0.3, -0.25) is 4.98 Å². The molecule has 1 fully saturated rings. The van der Waals surface area contributed by atoms with Gasteiger partial charge in [-0.1, -0.05) is 10.3 Å². The standard InChI is InChI=1S/C13H13N7O/c1-2-11(7-14-5-1)20-8-10(16-19-20)6-15-13-18-17-12(21-13)9-3-4-9/h1-2,5,7-9H,3-4,6H2,(H,15,18). The summed E-state index contributed by atoms with van der Waals surface area (Å²) in [7, 11) is 0. The summed E-state index contributed by atoms with van der Waals surface area (Å²) in [6.07, 6.45) is 7.56. The Kier molecular flexibility index (Phi) is 2.84. The molecule has 8 heteroatoms. The Morgan fingerprint density at radius 3 is 3.05 bits per heavy atom. The molecule has 3 heterocycles. The number of aromatic nitrogens is 6. The summed E-state index contributed by atoms with van der Waals surface area (Å²) in [6.45, 7) is 0.479. The Labute approximate surface area is 120 Å². The molecule has 1 aliphatic carbocycles. The molecule has 0 aromatic carbocycles. The highest BCUT2D eigenvalue weighted by molar-refractivity contribution is 5.27. The van der Waals surface area contributed by atoms with Gasteiger partial charge in [-0.15, -0.1) is 10.2 Å². The molecule has 4 rings (SSSR count). The van der Waals surface area contributed by atoms with Crippen molar-refractivity contribution in [3.05, 3.63) is 42.3 Å². The molecule has 21 heavy (non-hydrogen) atoms. The highest BCUT2D eigenvalue weighted by atomic mass is 16.4. The Bertz CT molecular complexity index is 732. The van der Waals surface area contributed by atoms with Gasteiger partial charge in [-0.25, -0.2) is 4.68 Å². The first-order chi connectivity index (χ1) is 10.4. The molecular weight excluding hydrogens is 270 g/mol. The van der Waals surface area contributed by atoms with Crippen LogP contribution < -0.4 is 5.32 Å². The van der Waals surface area contributed by atoms with E-state index in [1.54, 1.807) is 17.1 Å². The summed E-state index contributed by atoms with van der Waals surface area (Å²) in [6, 6.07) is 4.19. The molecule has 0 amide bonds. The average Bonchev–Trinajstić information content (AvgIpc) is 3.09. The van der Waals surface area contributed by atoms with Crippen LogP contribution >= 0.6 is 0 Å². The topological polar surface area (TPSA) is 94.6 Å². The van der Waals surface area contributed by atoms with Gasteiger partial charge >= 0.3 is 6.01 Å². The van der Waals surface area contributed by atoms with Gasteiger partial charge in [0.1, 0.15) is 5.69 Å².